The van der Waals surface area contributed by atoms with E-state index in [4.69, 9.17) is 23.2 Å². The van der Waals surface area contributed by atoms with E-state index in [1.807, 2.05) is 35.0 Å². The second kappa shape index (κ2) is 4.69. The van der Waals surface area contributed by atoms with E-state index in [9.17, 15) is 0 Å². The largest absolute Gasteiger partial charge is 0.333 e. The Labute approximate surface area is 98.5 Å². The van der Waals surface area contributed by atoms with E-state index in [-0.39, 0.29) is 0 Å². The molecule has 0 saturated carbocycles. The van der Waals surface area contributed by atoms with Gasteiger partial charge in [0.05, 0.1) is 17.9 Å². The van der Waals surface area contributed by atoms with Gasteiger partial charge in [0.25, 0.3) is 0 Å². The Kier molecular flexibility index (Phi) is 3.29. The summed E-state index contributed by atoms with van der Waals surface area (Å²) in [7, 11) is 0. The molecule has 0 aliphatic carbocycles. The monoisotopic (exact) mass is 240 g/mol. The van der Waals surface area contributed by atoms with Gasteiger partial charge in [-0.2, -0.15) is 0 Å². The molecule has 0 aliphatic heterocycles. The molecule has 2 aromatic rings. The number of halogens is 2. The third-order valence-electron chi connectivity index (χ3n) is 2.08. The average molecular weight is 241 g/mol. The molecule has 1 heterocycles. The summed E-state index contributed by atoms with van der Waals surface area (Å²) in [6, 6.07) is 7.79. The fourth-order valence-electron chi connectivity index (χ4n) is 1.41. The van der Waals surface area contributed by atoms with E-state index in [1.165, 1.54) is 0 Å². The molecule has 1 aromatic heterocycles. The zero-order valence-electron chi connectivity index (χ0n) is 8.03. The molecule has 0 radical (unpaired) electrons. The number of hydrogen-bond donors (Lipinski definition) is 0. The SMILES string of the molecule is ClCc1cn(Cc2cccc(Cl)c2)cn1. The van der Waals surface area contributed by atoms with E-state index in [2.05, 4.69) is 4.98 Å². The van der Waals surface area contributed by atoms with Gasteiger partial charge in [-0.15, -0.1) is 11.6 Å². The van der Waals surface area contributed by atoms with Gasteiger partial charge >= 0.3 is 0 Å². The maximum absolute atomic E-state index is 5.90. The van der Waals surface area contributed by atoms with Crippen LogP contribution in [0.1, 0.15) is 11.3 Å². The smallest absolute Gasteiger partial charge is 0.0953 e. The number of alkyl halides is 1. The molecule has 15 heavy (non-hydrogen) atoms. The molecule has 0 saturated heterocycles. The fraction of sp³-hybridized carbons (Fsp3) is 0.182. The molecule has 78 valence electrons. The van der Waals surface area contributed by atoms with Crippen molar-refractivity contribution >= 4 is 23.2 Å². The molecule has 0 fully saturated rings. The van der Waals surface area contributed by atoms with Crippen LogP contribution in [0.25, 0.3) is 0 Å². The molecule has 0 atom stereocenters. The van der Waals surface area contributed by atoms with Crippen molar-refractivity contribution < 1.29 is 0 Å². The summed E-state index contributed by atoms with van der Waals surface area (Å²) in [6.45, 7) is 0.768. The molecule has 2 rings (SSSR count). The maximum Gasteiger partial charge on any atom is 0.0953 e. The third kappa shape index (κ3) is 2.74. The van der Waals surface area contributed by atoms with E-state index in [0.717, 1.165) is 22.8 Å². The van der Waals surface area contributed by atoms with E-state index in [1.54, 1.807) is 6.33 Å². The van der Waals surface area contributed by atoms with Crippen molar-refractivity contribution in [3.63, 3.8) is 0 Å². The highest BCUT2D eigenvalue weighted by molar-refractivity contribution is 6.30. The first-order chi connectivity index (χ1) is 7.28. The van der Waals surface area contributed by atoms with Crippen LogP contribution in [0, 0.1) is 0 Å². The zero-order chi connectivity index (χ0) is 10.7. The van der Waals surface area contributed by atoms with Crippen molar-refractivity contribution in [2.75, 3.05) is 0 Å². The number of nitrogens with zero attached hydrogens (tertiary/aromatic N) is 2. The average Bonchev–Trinajstić information content (AvgIpc) is 2.65. The summed E-state index contributed by atoms with van der Waals surface area (Å²) in [5.41, 5.74) is 2.04. The van der Waals surface area contributed by atoms with Crippen molar-refractivity contribution in [2.24, 2.45) is 0 Å². The van der Waals surface area contributed by atoms with Gasteiger partial charge in [0.15, 0.2) is 0 Å². The van der Waals surface area contributed by atoms with Crippen LogP contribution in [-0.2, 0) is 12.4 Å². The second-order valence-corrected chi connectivity index (χ2v) is 4.00. The molecule has 0 bridgehead atoms. The van der Waals surface area contributed by atoms with Crippen LogP contribution in [0.2, 0.25) is 5.02 Å². The highest BCUT2D eigenvalue weighted by Gasteiger charge is 1.98. The Bertz CT molecular complexity index is 451. The lowest BCUT2D eigenvalue weighted by molar-refractivity contribution is 0.797. The second-order valence-electron chi connectivity index (χ2n) is 3.30. The van der Waals surface area contributed by atoms with Gasteiger partial charge in [0.1, 0.15) is 0 Å². The van der Waals surface area contributed by atoms with E-state index >= 15 is 0 Å². The Morgan fingerprint density at radius 2 is 2.20 bits per heavy atom. The van der Waals surface area contributed by atoms with Gasteiger partial charge in [-0.25, -0.2) is 4.98 Å². The first-order valence-electron chi connectivity index (χ1n) is 4.59. The summed E-state index contributed by atoms with van der Waals surface area (Å²) in [5.74, 6) is 0.447. The van der Waals surface area contributed by atoms with Crippen LogP contribution in [0.5, 0.6) is 0 Å². The highest BCUT2D eigenvalue weighted by Crippen LogP contribution is 2.12. The molecular formula is C11H10Cl2N2. The first-order valence-corrected chi connectivity index (χ1v) is 5.50. The number of benzene rings is 1. The van der Waals surface area contributed by atoms with Crippen LogP contribution < -0.4 is 0 Å². The molecule has 0 amide bonds. The molecule has 2 nitrogen and oxygen atoms in total. The predicted octanol–water partition coefficient (Wildman–Crippen LogP) is 3.32. The number of rotatable bonds is 3. The van der Waals surface area contributed by atoms with Gasteiger partial charge in [-0.05, 0) is 17.7 Å². The van der Waals surface area contributed by atoms with Crippen molar-refractivity contribution in [3.8, 4) is 0 Å². The first kappa shape index (κ1) is 10.5. The zero-order valence-corrected chi connectivity index (χ0v) is 9.54. The minimum Gasteiger partial charge on any atom is -0.333 e. The van der Waals surface area contributed by atoms with Crippen LogP contribution in [0.4, 0.5) is 0 Å². The van der Waals surface area contributed by atoms with Crippen molar-refractivity contribution in [1.29, 1.82) is 0 Å². The molecule has 0 spiro atoms. The lowest BCUT2D eigenvalue weighted by atomic mass is 10.2. The lowest BCUT2D eigenvalue weighted by Crippen LogP contribution is -1.95. The van der Waals surface area contributed by atoms with Gasteiger partial charge in [0, 0.05) is 17.8 Å². The normalized spacial score (nSPS) is 10.5. The van der Waals surface area contributed by atoms with Gasteiger partial charge in [-0.3, -0.25) is 0 Å². The summed E-state index contributed by atoms with van der Waals surface area (Å²) in [5, 5.41) is 0.755. The van der Waals surface area contributed by atoms with Crippen molar-refractivity contribution in [3.05, 3.63) is 53.1 Å². The molecule has 1 aromatic carbocycles. The Morgan fingerprint density at radius 3 is 2.87 bits per heavy atom. The maximum atomic E-state index is 5.90. The summed E-state index contributed by atoms with van der Waals surface area (Å²) >= 11 is 11.6. The highest BCUT2D eigenvalue weighted by atomic mass is 35.5. The fourth-order valence-corrected chi connectivity index (χ4v) is 1.76. The topological polar surface area (TPSA) is 17.8 Å². The summed E-state index contributed by atoms with van der Waals surface area (Å²) in [4.78, 5) is 4.15. The summed E-state index contributed by atoms with van der Waals surface area (Å²) < 4.78 is 1.99. The quantitative estimate of drug-likeness (QED) is 0.753. The molecule has 0 N–H and O–H groups in total. The standard InChI is InChI=1S/C11H10Cl2N2/c12-5-11-7-15(8-14-11)6-9-2-1-3-10(13)4-9/h1-4,7-8H,5-6H2. The molecule has 0 unspecified atom stereocenters. The van der Waals surface area contributed by atoms with Gasteiger partial charge < -0.3 is 4.57 Å². The Balaban J connectivity index is 2.14. The number of hydrogen-bond acceptors (Lipinski definition) is 1. The minimum atomic E-state index is 0.447. The van der Waals surface area contributed by atoms with Crippen LogP contribution >= 0.6 is 23.2 Å². The predicted molar refractivity (Wildman–Crippen MR) is 62.3 cm³/mol. The minimum absolute atomic E-state index is 0.447. The molecule has 4 heteroatoms. The van der Waals surface area contributed by atoms with Crippen LogP contribution in [0.15, 0.2) is 36.8 Å². The molecular weight excluding hydrogens is 231 g/mol. The third-order valence-corrected chi connectivity index (χ3v) is 2.59. The number of imidazole rings is 1. The Morgan fingerprint density at radius 1 is 1.33 bits per heavy atom. The van der Waals surface area contributed by atoms with E-state index in [0.29, 0.717) is 5.88 Å². The van der Waals surface area contributed by atoms with Crippen molar-refractivity contribution in [2.45, 2.75) is 12.4 Å². The van der Waals surface area contributed by atoms with Gasteiger partial charge in [-0.1, -0.05) is 23.7 Å². The van der Waals surface area contributed by atoms with Crippen molar-refractivity contribution in [1.82, 2.24) is 9.55 Å². The van der Waals surface area contributed by atoms with E-state index < -0.39 is 0 Å². The van der Waals surface area contributed by atoms with Crippen LogP contribution in [-0.4, -0.2) is 9.55 Å². The number of aromatic nitrogens is 2. The molecule has 0 aliphatic rings. The Hall–Kier alpha value is -0.990. The van der Waals surface area contributed by atoms with Gasteiger partial charge in [0.2, 0.25) is 0 Å². The summed E-state index contributed by atoms with van der Waals surface area (Å²) in [6.07, 6.45) is 3.71. The lowest BCUT2D eigenvalue weighted by Gasteiger charge is -2.02. The van der Waals surface area contributed by atoms with Crippen LogP contribution in [0.3, 0.4) is 0 Å².